The molecule has 0 aliphatic heterocycles. The van der Waals surface area contributed by atoms with Gasteiger partial charge in [0.2, 0.25) is 0 Å². The number of nitrogens with zero attached hydrogens (tertiary/aromatic N) is 3. The monoisotopic (exact) mass is 373 g/mol. The lowest BCUT2D eigenvalue weighted by Crippen LogP contribution is -2.28. The maximum atomic E-state index is 13.9. The zero-order valence-electron chi connectivity index (χ0n) is 14.3. The van der Waals surface area contributed by atoms with Gasteiger partial charge in [0.25, 0.3) is 5.91 Å². The number of aromatic nitrogens is 2. The van der Waals surface area contributed by atoms with Gasteiger partial charge in [0.1, 0.15) is 17.3 Å². The first-order valence-corrected chi connectivity index (χ1v) is 9.10. The van der Waals surface area contributed by atoms with Gasteiger partial charge in [-0.15, -0.1) is 0 Å². The van der Waals surface area contributed by atoms with Gasteiger partial charge in [-0.05, 0) is 36.6 Å². The molecule has 7 heteroatoms. The van der Waals surface area contributed by atoms with E-state index in [4.69, 9.17) is 0 Å². The van der Waals surface area contributed by atoms with Crippen LogP contribution in [0.15, 0.2) is 59.9 Å². The summed E-state index contributed by atoms with van der Waals surface area (Å²) in [6, 6.07) is 12.2. The second kappa shape index (κ2) is 7.70. The predicted molar refractivity (Wildman–Crippen MR) is 97.5 cm³/mol. The van der Waals surface area contributed by atoms with E-state index in [1.807, 2.05) is 6.26 Å². The Morgan fingerprint density at radius 3 is 2.50 bits per heavy atom. The maximum absolute atomic E-state index is 13.9. The molecule has 0 bridgehead atoms. The molecule has 0 spiro atoms. The molecular weight excluding hydrogens is 356 g/mol. The largest absolute Gasteiger partial charge is 0.336 e. The van der Waals surface area contributed by atoms with Crippen molar-refractivity contribution in [2.24, 2.45) is 0 Å². The quantitative estimate of drug-likeness (QED) is 0.631. The van der Waals surface area contributed by atoms with E-state index in [1.165, 1.54) is 41.1 Å². The summed E-state index contributed by atoms with van der Waals surface area (Å²) in [6.07, 6.45) is 3.33. The van der Waals surface area contributed by atoms with E-state index in [2.05, 4.69) is 4.98 Å². The Bertz CT molecular complexity index is 925. The minimum absolute atomic E-state index is 0.134. The summed E-state index contributed by atoms with van der Waals surface area (Å²) in [5.41, 5.74) is 1.40. The summed E-state index contributed by atoms with van der Waals surface area (Å²) >= 11 is 1.38. The van der Waals surface area contributed by atoms with E-state index in [0.29, 0.717) is 22.1 Å². The van der Waals surface area contributed by atoms with E-state index in [9.17, 15) is 13.6 Å². The van der Waals surface area contributed by atoms with Crippen LogP contribution in [0.2, 0.25) is 0 Å². The summed E-state index contributed by atoms with van der Waals surface area (Å²) in [6.45, 7) is 0.134. The van der Waals surface area contributed by atoms with Crippen LogP contribution in [0.1, 0.15) is 16.1 Å². The Kier molecular flexibility index (Phi) is 5.37. The number of hydrogen-bond acceptors (Lipinski definition) is 3. The fraction of sp³-hybridized carbons (Fsp3) is 0.158. The summed E-state index contributed by atoms with van der Waals surface area (Å²) in [7, 11) is 1.61. The summed E-state index contributed by atoms with van der Waals surface area (Å²) in [5, 5.41) is 0.610. The van der Waals surface area contributed by atoms with Gasteiger partial charge in [-0.3, -0.25) is 9.36 Å². The van der Waals surface area contributed by atoms with Crippen molar-refractivity contribution in [1.29, 1.82) is 0 Å². The van der Waals surface area contributed by atoms with Gasteiger partial charge in [-0.1, -0.05) is 30.0 Å². The highest BCUT2D eigenvalue weighted by atomic mass is 32.2. The molecule has 134 valence electrons. The van der Waals surface area contributed by atoms with Crippen molar-refractivity contribution in [2.75, 3.05) is 13.3 Å². The first-order chi connectivity index (χ1) is 12.5. The molecule has 0 unspecified atom stereocenters. The van der Waals surface area contributed by atoms with Crippen LogP contribution in [0.25, 0.3) is 5.69 Å². The van der Waals surface area contributed by atoms with E-state index in [1.54, 1.807) is 41.9 Å². The smallest absolute Gasteiger partial charge is 0.272 e. The number of imidazole rings is 1. The number of benzene rings is 2. The molecule has 3 rings (SSSR count). The van der Waals surface area contributed by atoms with Crippen LogP contribution in [0.5, 0.6) is 0 Å². The molecule has 0 radical (unpaired) electrons. The van der Waals surface area contributed by atoms with Gasteiger partial charge < -0.3 is 4.90 Å². The number of thioether (sulfide) groups is 1. The molecule has 0 N–H and O–H groups in total. The maximum Gasteiger partial charge on any atom is 0.272 e. The number of halogens is 2. The van der Waals surface area contributed by atoms with Crippen molar-refractivity contribution in [3.05, 3.63) is 77.6 Å². The van der Waals surface area contributed by atoms with E-state index >= 15 is 0 Å². The first kappa shape index (κ1) is 18.1. The Morgan fingerprint density at radius 1 is 1.15 bits per heavy atom. The lowest BCUT2D eigenvalue weighted by Gasteiger charge is -2.19. The second-order valence-corrected chi connectivity index (χ2v) is 6.47. The van der Waals surface area contributed by atoms with Crippen LogP contribution in [0, 0.1) is 11.6 Å². The van der Waals surface area contributed by atoms with Crippen molar-refractivity contribution in [3.63, 3.8) is 0 Å². The zero-order valence-corrected chi connectivity index (χ0v) is 15.1. The Hall–Kier alpha value is -2.67. The Labute approximate surface area is 154 Å². The number of rotatable bonds is 5. The number of carbonyl (C=O) groups excluding carboxylic acids is 1. The van der Waals surface area contributed by atoms with E-state index in [-0.39, 0.29) is 24.1 Å². The lowest BCUT2D eigenvalue weighted by atomic mass is 10.2. The fourth-order valence-electron chi connectivity index (χ4n) is 2.62. The van der Waals surface area contributed by atoms with Crippen molar-refractivity contribution in [1.82, 2.24) is 14.5 Å². The molecule has 1 heterocycles. The standard InChI is InChI=1S/C19H17F2N3OS/c1-23(12-13-5-3-4-6-16(13)21)18(25)17-11-22-19(26-2)24(17)15-9-7-14(20)8-10-15/h3-11H,12H2,1-2H3. The molecule has 0 atom stereocenters. The molecular formula is C19H17F2N3OS. The van der Waals surface area contributed by atoms with Crippen LogP contribution in [-0.4, -0.2) is 33.7 Å². The zero-order chi connectivity index (χ0) is 18.7. The van der Waals surface area contributed by atoms with Gasteiger partial charge in [-0.25, -0.2) is 13.8 Å². The van der Waals surface area contributed by atoms with Crippen molar-refractivity contribution in [2.45, 2.75) is 11.7 Å². The van der Waals surface area contributed by atoms with Crippen LogP contribution >= 0.6 is 11.8 Å². The molecule has 1 amide bonds. The topological polar surface area (TPSA) is 38.1 Å². The van der Waals surface area contributed by atoms with Gasteiger partial charge in [0, 0.05) is 24.8 Å². The van der Waals surface area contributed by atoms with Crippen molar-refractivity contribution in [3.8, 4) is 5.69 Å². The average Bonchev–Trinajstić information content (AvgIpc) is 3.07. The average molecular weight is 373 g/mol. The molecule has 26 heavy (non-hydrogen) atoms. The van der Waals surface area contributed by atoms with Crippen LogP contribution in [0.3, 0.4) is 0 Å². The second-order valence-electron chi connectivity index (χ2n) is 5.69. The molecule has 0 saturated carbocycles. The molecule has 3 aromatic rings. The number of carbonyl (C=O) groups is 1. The van der Waals surface area contributed by atoms with Gasteiger partial charge in [-0.2, -0.15) is 0 Å². The first-order valence-electron chi connectivity index (χ1n) is 7.88. The summed E-state index contributed by atoms with van der Waals surface area (Å²) < 4.78 is 28.8. The van der Waals surface area contributed by atoms with Crippen molar-refractivity contribution < 1.29 is 13.6 Å². The van der Waals surface area contributed by atoms with Gasteiger partial charge >= 0.3 is 0 Å². The molecule has 0 aliphatic carbocycles. The highest BCUT2D eigenvalue weighted by Crippen LogP contribution is 2.23. The number of amides is 1. The minimum atomic E-state index is -0.357. The summed E-state index contributed by atoms with van der Waals surface area (Å²) in [5.74, 6) is -1.02. The SMILES string of the molecule is CSc1ncc(C(=O)N(C)Cc2ccccc2F)n1-c1ccc(F)cc1. The predicted octanol–water partition coefficient (Wildman–Crippen LogP) is 4.14. The third-order valence-corrected chi connectivity index (χ3v) is 4.58. The van der Waals surface area contributed by atoms with Crippen molar-refractivity contribution >= 4 is 17.7 Å². The molecule has 4 nitrogen and oxygen atoms in total. The Morgan fingerprint density at radius 2 is 1.85 bits per heavy atom. The molecule has 0 aliphatic rings. The Balaban J connectivity index is 1.93. The number of hydrogen-bond donors (Lipinski definition) is 0. The molecule has 2 aromatic carbocycles. The highest BCUT2D eigenvalue weighted by Gasteiger charge is 2.21. The van der Waals surface area contributed by atoms with E-state index in [0.717, 1.165) is 0 Å². The molecule has 0 fully saturated rings. The fourth-order valence-corrected chi connectivity index (χ4v) is 3.16. The lowest BCUT2D eigenvalue weighted by molar-refractivity contribution is 0.0775. The highest BCUT2D eigenvalue weighted by molar-refractivity contribution is 7.98. The van der Waals surface area contributed by atoms with Gasteiger partial charge in [0.15, 0.2) is 5.16 Å². The molecule has 1 aromatic heterocycles. The van der Waals surface area contributed by atoms with Crippen LogP contribution in [-0.2, 0) is 6.54 Å². The molecule has 0 saturated heterocycles. The van der Waals surface area contributed by atoms with Crippen LogP contribution in [0.4, 0.5) is 8.78 Å². The minimum Gasteiger partial charge on any atom is -0.336 e. The normalized spacial score (nSPS) is 10.8. The summed E-state index contributed by atoms with van der Waals surface area (Å²) in [4.78, 5) is 18.6. The van der Waals surface area contributed by atoms with E-state index < -0.39 is 0 Å². The third-order valence-electron chi connectivity index (χ3n) is 3.93. The van der Waals surface area contributed by atoms with Crippen LogP contribution < -0.4 is 0 Å². The van der Waals surface area contributed by atoms with Gasteiger partial charge in [0.05, 0.1) is 6.20 Å². The third kappa shape index (κ3) is 3.62.